The molecule has 0 unspecified atom stereocenters. The average Bonchev–Trinajstić information content (AvgIpc) is 3.00. The summed E-state index contributed by atoms with van der Waals surface area (Å²) in [5.74, 6) is 0.0867. The number of quaternary nitrogens is 1. The molecule has 0 spiro atoms. The molecular weight excluding hydrogens is 384 g/mol. The van der Waals surface area contributed by atoms with Crippen molar-refractivity contribution >= 4 is 33.0 Å². The maximum atomic E-state index is 13.0. The van der Waals surface area contributed by atoms with Gasteiger partial charge < -0.3 is 10.2 Å². The minimum Gasteiger partial charge on any atom is -0.333 e. The van der Waals surface area contributed by atoms with Crippen molar-refractivity contribution in [3.05, 3.63) is 65.2 Å². The number of benzene rings is 2. The third-order valence-electron chi connectivity index (χ3n) is 4.92. The van der Waals surface area contributed by atoms with Gasteiger partial charge in [0.2, 0.25) is 0 Å². The van der Waals surface area contributed by atoms with Crippen LogP contribution in [0.15, 0.2) is 54.6 Å². The average molecular weight is 408 g/mol. The van der Waals surface area contributed by atoms with Crippen LogP contribution >= 0.6 is 11.6 Å². The minimum absolute atomic E-state index is 0.0281. The minimum atomic E-state index is -3.08. The zero-order valence-electron chi connectivity index (χ0n) is 15.2. The monoisotopic (exact) mass is 407 g/mol. The quantitative estimate of drug-likeness (QED) is 0.797. The van der Waals surface area contributed by atoms with Crippen molar-refractivity contribution in [2.75, 3.05) is 23.0 Å². The Labute approximate surface area is 165 Å². The lowest BCUT2D eigenvalue weighted by atomic mass is 10.1. The summed E-state index contributed by atoms with van der Waals surface area (Å²) in [7, 11) is -3.08. The predicted molar refractivity (Wildman–Crippen MR) is 108 cm³/mol. The van der Waals surface area contributed by atoms with Gasteiger partial charge in [0.05, 0.1) is 17.5 Å². The van der Waals surface area contributed by atoms with E-state index >= 15 is 0 Å². The molecule has 0 aliphatic carbocycles. The van der Waals surface area contributed by atoms with Crippen LogP contribution in [-0.2, 0) is 14.6 Å². The number of hydrogen-bond donors (Lipinski definition) is 1. The molecule has 2 aromatic carbocycles. The number of nitrogens with two attached hydrogens (primary N) is 1. The van der Waals surface area contributed by atoms with Crippen molar-refractivity contribution in [2.24, 2.45) is 0 Å². The summed E-state index contributed by atoms with van der Waals surface area (Å²) in [6, 6.07) is 16.7. The summed E-state index contributed by atoms with van der Waals surface area (Å²) in [4.78, 5) is 14.7. The zero-order chi connectivity index (χ0) is 19.4. The first-order valence-corrected chi connectivity index (χ1v) is 11.2. The molecule has 5 nitrogen and oxygen atoms in total. The largest absolute Gasteiger partial charge is 0.333 e. The molecule has 2 aromatic rings. The molecule has 0 radical (unpaired) electrons. The molecule has 144 valence electrons. The van der Waals surface area contributed by atoms with Gasteiger partial charge in [0.1, 0.15) is 6.04 Å². The number of carbonyl (C=O) groups is 1. The Morgan fingerprint density at radius 3 is 2.44 bits per heavy atom. The van der Waals surface area contributed by atoms with Gasteiger partial charge in [-0.25, -0.2) is 8.42 Å². The van der Waals surface area contributed by atoms with Crippen LogP contribution in [0.25, 0.3) is 0 Å². The molecule has 0 bridgehead atoms. The number of halogens is 1. The van der Waals surface area contributed by atoms with E-state index in [0.717, 1.165) is 11.3 Å². The Balaban J connectivity index is 1.72. The summed E-state index contributed by atoms with van der Waals surface area (Å²) in [5, 5.41) is 2.64. The van der Waals surface area contributed by atoms with Gasteiger partial charge in [-0.1, -0.05) is 41.9 Å². The van der Waals surface area contributed by atoms with E-state index in [9.17, 15) is 13.2 Å². The van der Waals surface area contributed by atoms with Gasteiger partial charge in [-0.3, -0.25) is 4.79 Å². The lowest BCUT2D eigenvalue weighted by Crippen LogP contribution is -2.87. The Morgan fingerprint density at radius 1 is 1.19 bits per heavy atom. The van der Waals surface area contributed by atoms with E-state index in [4.69, 9.17) is 11.6 Å². The number of nitrogens with zero attached hydrogens (tertiary/aromatic N) is 1. The Kier molecular flexibility index (Phi) is 6.19. The van der Waals surface area contributed by atoms with E-state index in [1.807, 2.05) is 66.8 Å². The van der Waals surface area contributed by atoms with E-state index in [2.05, 4.69) is 0 Å². The lowest BCUT2D eigenvalue weighted by molar-refractivity contribution is -0.682. The number of para-hydroxylation sites is 1. The fourth-order valence-electron chi connectivity index (χ4n) is 3.40. The van der Waals surface area contributed by atoms with Gasteiger partial charge in [-0.2, -0.15) is 0 Å². The van der Waals surface area contributed by atoms with Gasteiger partial charge in [0, 0.05) is 16.3 Å². The Morgan fingerprint density at radius 2 is 1.85 bits per heavy atom. The highest BCUT2D eigenvalue weighted by atomic mass is 35.5. The van der Waals surface area contributed by atoms with E-state index in [-0.39, 0.29) is 36.0 Å². The van der Waals surface area contributed by atoms with Crippen LogP contribution in [0.5, 0.6) is 0 Å². The Hall–Kier alpha value is -1.89. The molecule has 0 aromatic heterocycles. The number of carbonyl (C=O) groups excluding carboxylic acids is 1. The van der Waals surface area contributed by atoms with Crippen LogP contribution in [0.3, 0.4) is 0 Å². The fourth-order valence-corrected chi connectivity index (χ4v) is 5.23. The van der Waals surface area contributed by atoms with Crippen LogP contribution in [0.4, 0.5) is 5.69 Å². The van der Waals surface area contributed by atoms with Crippen LogP contribution in [-0.4, -0.2) is 38.4 Å². The van der Waals surface area contributed by atoms with E-state index < -0.39 is 9.84 Å². The molecule has 0 saturated carbocycles. The van der Waals surface area contributed by atoms with Crippen LogP contribution < -0.4 is 10.2 Å². The number of hydrogen-bond acceptors (Lipinski definition) is 3. The predicted octanol–water partition coefficient (Wildman–Crippen LogP) is 2.18. The second-order valence-electron chi connectivity index (χ2n) is 6.94. The molecular formula is C20H24ClN2O3S+. The maximum Gasteiger partial charge on any atom is 0.282 e. The van der Waals surface area contributed by atoms with Gasteiger partial charge in [-0.05, 0) is 37.6 Å². The molecule has 2 atom stereocenters. The van der Waals surface area contributed by atoms with Crippen molar-refractivity contribution in [1.29, 1.82) is 0 Å². The van der Waals surface area contributed by atoms with E-state index in [0.29, 0.717) is 11.4 Å². The van der Waals surface area contributed by atoms with Crippen molar-refractivity contribution in [1.82, 2.24) is 0 Å². The summed E-state index contributed by atoms with van der Waals surface area (Å²) in [6.45, 7) is 2.28. The Bertz CT molecular complexity index is 885. The highest BCUT2D eigenvalue weighted by Gasteiger charge is 2.36. The summed E-state index contributed by atoms with van der Waals surface area (Å²) < 4.78 is 23.8. The van der Waals surface area contributed by atoms with Crippen LogP contribution in [0.1, 0.15) is 24.9 Å². The molecule has 1 amide bonds. The second-order valence-corrected chi connectivity index (χ2v) is 9.60. The molecule has 1 aliphatic heterocycles. The van der Waals surface area contributed by atoms with Gasteiger partial charge >= 0.3 is 0 Å². The zero-order valence-corrected chi connectivity index (χ0v) is 16.8. The van der Waals surface area contributed by atoms with Gasteiger partial charge in [0.15, 0.2) is 16.4 Å². The van der Waals surface area contributed by atoms with Crippen molar-refractivity contribution in [2.45, 2.75) is 25.4 Å². The highest BCUT2D eigenvalue weighted by molar-refractivity contribution is 7.91. The molecule has 3 rings (SSSR count). The van der Waals surface area contributed by atoms with Crippen molar-refractivity contribution in [3.63, 3.8) is 0 Å². The second kappa shape index (κ2) is 8.42. The summed E-state index contributed by atoms with van der Waals surface area (Å²) in [6.07, 6.45) is 0.482. The normalized spacial score (nSPS) is 19.6. The number of sulfone groups is 1. The van der Waals surface area contributed by atoms with E-state index in [1.54, 1.807) is 4.90 Å². The summed E-state index contributed by atoms with van der Waals surface area (Å²) >= 11 is 5.93. The first-order valence-electron chi connectivity index (χ1n) is 9.02. The summed E-state index contributed by atoms with van der Waals surface area (Å²) in [5.41, 5.74) is 1.83. The third-order valence-corrected chi connectivity index (χ3v) is 6.92. The first-order chi connectivity index (χ1) is 12.9. The molecule has 27 heavy (non-hydrogen) atoms. The fraction of sp³-hybridized carbons (Fsp3) is 0.350. The first kappa shape index (κ1) is 19.9. The molecule has 1 saturated heterocycles. The number of rotatable bonds is 6. The number of anilines is 1. The topological polar surface area (TPSA) is 71.1 Å². The van der Waals surface area contributed by atoms with Crippen LogP contribution in [0, 0.1) is 0 Å². The van der Waals surface area contributed by atoms with Crippen molar-refractivity contribution < 1.29 is 18.5 Å². The van der Waals surface area contributed by atoms with E-state index in [1.165, 1.54) is 0 Å². The van der Waals surface area contributed by atoms with Crippen LogP contribution in [0.2, 0.25) is 5.02 Å². The molecule has 1 heterocycles. The molecule has 1 fully saturated rings. The molecule has 1 aliphatic rings. The third kappa shape index (κ3) is 5.09. The molecule has 7 heteroatoms. The SMILES string of the molecule is C[C@H]([NH2+]CC(=O)N(c1ccccc1)[C@@H]1CCS(=O)(=O)C1)c1ccc(Cl)cc1. The number of amides is 1. The van der Waals surface area contributed by atoms with Crippen molar-refractivity contribution in [3.8, 4) is 0 Å². The van der Waals surface area contributed by atoms with Gasteiger partial charge in [-0.15, -0.1) is 0 Å². The standard InChI is InChI=1S/C20H23ClN2O3S/c1-15(16-7-9-17(21)10-8-16)22-13-20(24)23(18-5-3-2-4-6-18)19-11-12-27(25,26)14-19/h2-10,15,19,22H,11-14H2,1H3/p+1/t15-,19+/m0/s1. The van der Waals surface area contributed by atoms with Gasteiger partial charge in [0.25, 0.3) is 5.91 Å². The highest BCUT2D eigenvalue weighted by Crippen LogP contribution is 2.24. The lowest BCUT2D eigenvalue weighted by Gasteiger charge is -2.28. The smallest absolute Gasteiger partial charge is 0.282 e. The molecule has 2 N–H and O–H groups in total. The maximum absolute atomic E-state index is 13.0.